The van der Waals surface area contributed by atoms with Crippen LogP contribution in [0.4, 0.5) is 0 Å². The molecule has 22 heavy (non-hydrogen) atoms. The van der Waals surface area contributed by atoms with Gasteiger partial charge in [-0.05, 0) is 39.2 Å². The molecule has 1 heterocycles. The van der Waals surface area contributed by atoms with Crippen molar-refractivity contribution in [3.8, 4) is 0 Å². The Balaban J connectivity index is 1.99. The number of benzene rings is 1. The first-order valence-electron chi connectivity index (χ1n) is 8.04. The van der Waals surface area contributed by atoms with E-state index in [0.29, 0.717) is 19.5 Å². The Hall–Kier alpha value is -1.39. The van der Waals surface area contributed by atoms with Crippen molar-refractivity contribution in [2.45, 2.75) is 45.3 Å². The molecule has 1 amide bonds. The topological polar surface area (TPSA) is 49.8 Å². The molecule has 2 rings (SSSR count). The van der Waals surface area contributed by atoms with Gasteiger partial charge in [-0.2, -0.15) is 0 Å². The van der Waals surface area contributed by atoms with Crippen LogP contribution in [-0.4, -0.2) is 47.3 Å². The van der Waals surface area contributed by atoms with E-state index in [9.17, 15) is 9.90 Å². The van der Waals surface area contributed by atoms with Crippen molar-refractivity contribution in [3.05, 3.63) is 35.9 Å². The molecular formula is C18H27NO3. The van der Waals surface area contributed by atoms with E-state index in [1.165, 1.54) is 5.56 Å². The van der Waals surface area contributed by atoms with Crippen molar-refractivity contribution in [2.75, 3.05) is 19.7 Å². The number of aliphatic hydroxyl groups is 1. The maximum Gasteiger partial charge on any atom is 0.248 e. The number of piperidine rings is 1. The summed E-state index contributed by atoms with van der Waals surface area (Å²) in [6.45, 7) is 7.03. The van der Waals surface area contributed by atoms with E-state index in [4.69, 9.17) is 4.74 Å². The summed E-state index contributed by atoms with van der Waals surface area (Å²) in [5.74, 6) is 0.0638. The highest BCUT2D eigenvalue weighted by atomic mass is 16.5. The molecule has 0 aromatic heterocycles. The molecule has 1 saturated heterocycles. The number of carbonyl (C=O) groups is 1. The molecule has 0 bridgehead atoms. The predicted molar refractivity (Wildman–Crippen MR) is 86.5 cm³/mol. The number of amides is 1. The number of hydrogen-bond donors (Lipinski definition) is 1. The van der Waals surface area contributed by atoms with Crippen LogP contribution in [0.3, 0.4) is 0 Å². The minimum Gasteiger partial charge on any atom is -0.390 e. The molecule has 2 atom stereocenters. The minimum absolute atomic E-state index is 0.0160. The third-order valence-corrected chi connectivity index (χ3v) is 4.43. The molecule has 1 aliphatic rings. The van der Waals surface area contributed by atoms with E-state index in [1.807, 2.05) is 43.9 Å². The van der Waals surface area contributed by atoms with Gasteiger partial charge < -0.3 is 14.7 Å². The first kappa shape index (κ1) is 17.0. The van der Waals surface area contributed by atoms with Gasteiger partial charge in [0.2, 0.25) is 5.91 Å². The summed E-state index contributed by atoms with van der Waals surface area (Å²) in [5.41, 5.74) is 0.464. The van der Waals surface area contributed by atoms with Gasteiger partial charge in [-0.25, -0.2) is 0 Å². The highest BCUT2D eigenvalue weighted by molar-refractivity contribution is 5.77. The molecule has 0 spiro atoms. The van der Waals surface area contributed by atoms with Gasteiger partial charge in [0.25, 0.3) is 0 Å². The van der Waals surface area contributed by atoms with E-state index in [1.54, 1.807) is 0 Å². The Labute approximate surface area is 133 Å². The predicted octanol–water partition coefficient (Wildman–Crippen LogP) is 2.25. The van der Waals surface area contributed by atoms with Gasteiger partial charge in [-0.3, -0.25) is 4.79 Å². The number of nitrogens with zero attached hydrogens (tertiary/aromatic N) is 1. The second-order valence-electron chi connectivity index (χ2n) is 6.69. The molecule has 1 N–H and O–H groups in total. The number of carbonyl (C=O) groups excluding carboxylic acids is 1. The van der Waals surface area contributed by atoms with Crippen LogP contribution in [0.15, 0.2) is 30.3 Å². The maximum absolute atomic E-state index is 12.2. The average molecular weight is 305 g/mol. The quantitative estimate of drug-likeness (QED) is 0.908. The third-order valence-electron chi connectivity index (χ3n) is 4.43. The standard InChI is InChI=1S/C18H27NO3/c1-14(2)22-13-17(20)19-10-9-18(3,21)16(12-19)11-15-7-5-4-6-8-15/h4-8,14,16,21H,9-13H2,1-3H3/t16-,18+/m1/s1. The van der Waals surface area contributed by atoms with Crippen LogP contribution >= 0.6 is 0 Å². The lowest BCUT2D eigenvalue weighted by Gasteiger charge is -2.43. The fraction of sp³-hybridized carbons (Fsp3) is 0.611. The van der Waals surface area contributed by atoms with Crippen LogP contribution in [0.25, 0.3) is 0 Å². The summed E-state index contributed by atoms with van der Waals surface area (Å²) < 4.78 is 5.41. The van der Waals surface area contributed by atoms with Crippen LogP contribution < -0.4 is 0 Å². The van der Waals surface area contributed by atoms with Crippen molar-refractivity contribution < 1.29 is 14.6 Å². The van der Waals surface area contributed by atoms with Crippen LogP contribution in [0, 0.1) is 5.92 Å². The van der Waals surface area contributed by atoms with Crippen molar-refractivity contribution >= 4 is 5.91 Å². The van der Waals surface area contributed by atoms with Crippen molar-refractivity contribution in [1.82, 2.24) is 4.90 Å². The Bertz CT molecular complexity index is 484. The lowest BCUT2D eigenvalue weighted by Crippen LogP contribution is -2.53. The third kappa shape index (κ3) is 4.55. The lowest BCUT2D eigenvalue weighted by atomic mass is 9.79. The summed E-state index contributed by atoms with van der Waals surface area (Å²) in [5, 5.41) is 10.6. The molecule has 0 saturated carbocycles. The fourth-order valence-corrected chi connectivity index (χ4v) is 2.86. The Morgan fingerprint density at radius 2 is 2.09 bits per heavy atom. The largest absolute Gasteiger partial charge is 0.390 e. The second kappa shape index (κ2) is 7.25. The number of rotatable bonds is 5. The van der Waals surface area contributed by atoms with Crippen LogP contribution in [0.1, 0.15) is 32.8 Å². The van der Waals surface area contributed by atoms with E-state index in [2.05, 4.69) is 12.1 Å². The molecule has 1 fully saturated rings. The number of hydrogen-bond acceptors (Lipinski definition) is 3. The Morgan fingerprint density at radius 3 is 2.73 bits per heavy atom. The average Bonchev–Trinajstić information content (AvgIpc) is 2.48. The van der Waals surface area contributed by atoms with E-state index < -0.39 is 5.60 Å². The van der Waals surface area contributed by atoms with E-state index in [-0.39, 0.29) is 24.5 Å². The molecule has 0 radical (unpaired) electrons. The van der Waals surface area contributed by atoms with Gasteiger partial charge in [0, 0.05) is 19.0 Å². The molecule has 4 nitrogen and oxygen atoms in total. The highest BCUT2D eigenvalue weighted by Crippen LogP contribution is 2.30. The zero-order chi connectivity index (χ0) is 16.2. The normalized spacial score (nSPS) is 25.5. The summed E-state index contributed by atoms with van der Waals surface area (Å²) >= 11 is 0. The molecule has 0 unspecified atom stereocenters. The maximum atomic E-state index is 12.2. The van der Waals surface area contributed by atoms with Crippen molar-refractivity contribution in [1.29, 1.82) is 0 Å². The Kier molecular flexibility index (Phi) is 5.59. The highest BCUT2D eigenvalue weighted by Gasteiger charge is 2.38. The zero-order valence-electron chi connectivity index (χ0n) is 13.8. The van der Waals surface area contributed by atoms with Crippen molar-refractivity contribution in [3.63, 3.8) is 0 Å². The van der Waals surface area contributed by atoms with E-state index in [0.717, 1.165) is 6.42 Å². The first-order chi connectivity index (χ1) is 10.4. The van der Waals surface area contributed by atoms with Gasteiger partial charge >= 0.3 is 0 Å². The van der Waals surface area contributed by atoms with Crippen LogP contribution in [0.5, 0.6) is 0 Å². The smallest absolute Gasteiger partial charge is 0.248 e. The van der Waals surface area contributed by atoms with Gasteiger partial charge in [0.05, 0.1) is 11.7 Å². The zero-order valence-corrected chi connectivity index (χ0v) is 13.8. The minimum atomic E-state index is -0.731. The van der Waals surface area contributed by atoms with Gasteiger partial charge in [0.1, 0.15) is 6.61 Å². The fourth-order valence-electron chi connectivity index (χ4n) is 2.86. The monoisotopic (exact) mass is 305 g/mol. The van der Waals surface area contributed by atoms with Crippen molar-refractivity contribution in [2.24, 2.45) is 5.92 Å². The lowest BCUT2D eigenvalue weighted by molar-refractivity contribution is -0.145. The summed E-state index contributed by atoms with van der Waals surface area (Å²) in [4.78, 5) is 14.1. The SMILES string of the molecule is CC(C)OCC(=O)N1CC[C@](C)(O)[C@H](Cc2ccccc2)C1. The van der Waals surface area contributed by atoms with Gasteiger partial charge in [-0.1, -0.05) is 30.3 Å². The molecule has 4 heteroatoms. The molecule has 1 aromatic carbocycles. The summed E-state index contributed by atoms with van der Waals surface area (Å²) in [6.07, 6.45) is 1.44. The van der Waals surface area contributed by atoms with Gasteiger partial charge in [0.15, 0.2) is 0 Å². The first-order valence-corrected chi connectivity index (χ1v) is 8.04. The Morgan fingerprint density at radius 1 is 1.41 bits per heavy atom. The molecule has 122 valence electrons. The second-order valence-corrected chi connectivity index (χ2v) is 6.69. The van der Waals surface area contributed by atoms with E-state index >= 15 is 0 Å². The number of likely N-dealkylation sites (tertiary alicyclic amines) is 1. The summed E-state index contributed by atoms with van der Waals surface area (Å²) in [6, 6.07) is 10.1. The summed E-state index contributed by atoms with van der Waals surface area (Å²) in [7, 11) is 0. The molecule has 1 aromatic rings. The van der Waals surface area contributed by atoms with Crippen LogP contribution in [-0.2, 0) is 16.0 Å². The molecule has 1 aliphatic heterocycles. The number of ether oxygens (including phenoxy) is 1. The van der Waals surface area contributed by atoms with Gasteiger partial charge in [-0.15, -0.1) is 0 Å². The molecule has 0 aliphatic carbocycles. The van der Waals surface area contributed by atoms with Crippen LogP contribution in [0.2, 0.25) is 0 Å². The molecular weight excluding hydrogens is 278 g/mol.